The van der Waals surface area contributed by atoms with Crippen molar-refractivity contribution in [1.29, 1.82) is 0 Å². The molecule has 1 aliphatic rings. The molecule has 21 heavy (non-hydrogen) atoms. The van der Waals surface area contributed by atoms with Gasteiger partial charge in [-0.3, -0.25) is 4.90 Å². The fourth-order valence-corrected chi connectivity index (χ4v) is 4.00. The van der Waals surface area contributed by atoms with E-state index in [0.29, 0.717) is 0 Å². The Balaban J connectivity index is 1.87. The summed E-state index contributed by atoms with van der Waals surface area (Å²) < 4.78 is 2.31. The number of aromatic nitrogens is 2. The van der Waals surface area contributed by atoms with Crippen molar-refractivity contribution >= 4 is 34.4 Å². The smallest absolute Gasteiger partial charge is 0.127 e. The molecule has 3 rings (SSSR count). The van der Waals surface area contributed by atoms with Crippen LogP contribution in [0.5, 0.6) is 0 Å². The third kappa shape index (κ3) is 3.38. The Kier molecular flexibility index (Phi) is 4.77. The Hall–Kier alpha value is -0.710. The van der Waals surface area contributed by atoms with Gasteiger partial charge < -0.3 is 4.57 Å². The number of aryl methyl sites for hydroxylation is 1. The third-order valence-electron chi connectivity index (χ3n) is 4.03. The fourth-order valence-electron chi connectivity index (χ4n) is 2.86. The van der Waals surface area contributed by atoms with Gasteiger partial charge in [-0.05, 0) is 31.5 Å². The number of hydrogen-bond acceptors (Lipinski definition) is 3. The SMILES string of the molecule is Cc1ccc2nc(C(C)Cl)n(CCN3CCSCC3)c2c1. The molecular weight excluding hydrogens is 302 g/mol. The van der Waals surface area contributed by atoms with Crippen LogP contribution >= 0.6 is 23.4 Å². The van der Waals surface area contributed by atoms with E-state index in [-0.39, 0.29) is 5.38 Å². The van der Waals surface area contributed by atoms with Crippen molar-refractivity contribution in [3.63, 3.8) is 0 Å². The molecule has 1 saturated heterocycles. The topological polar surface area (TPSA) is 21.1 Å². The number of hydrogen-bond donors (Lipinski definition) is 0. The molecule has 2 aromatic rings. The molecule has 0 spiro atoms. The van der Waals surface area contributed by atoms with Gasteiger partial charge in [0.05, 0.1) is 16.4 Å². The first-order valence-electron chi connectivity index (χ1n) is 7.56. The first kappa shape index (κ1) is 15.2. The van der Waals surface area contributed by atoms with Crippen molar-refractivity contribution in [3.05, 3.63) is 29.6 Å². The molecule has 0 N–H and O–H groups in total. The molecule has 3 nitrogen and oxygen atoms in total. The zero-order valence-electron chi connectivity index (χ0n) is 12.7. The number of imidazole rings is 1. The summed E-state index contributed by atoms with van der Waals surface area (Å²) in [5.41, 5.74) is 3.54. The minimum Gasteiger partial charge on any atom is -0.325 e. The zero-order chi connectivity index (χ0) is 14.8. The molecular formula is C16H22ClN3S. The van der Waals surface area contributed by atoms with E-state index in [1.807, 2.05) is 6.92 Å². The second-order valence-electron chi connectivity index (χ2n) is 5.68. The van der Waals surface area contributed by atoms with E-state index in [2.05, 4.69) is 46.4 Å². The summed E-state index contributed by atoms with van der Waals surface area (Å²) in [7, 11) is 0. The molecule has 1 aromatic heterocycles. The molecule has 0 amide bonds. The van der Waals surface area contributed by atoms with Gasteiger partial charge in [-0.2, -0.15) is 11.8 Å². The van der Waals surface area contributed by atoms with Gasteiger partial charge in [-0.15, -0.1) is 11.6 Å². The van der Waals surface area contributed by atoms with Crippen LogP contribution in [0.1, 0.15) is 23.7 Å². The zero-order valence-corrected chi connectivity index (χ0v) is 14.3. The second-order valence-corrected chi connectivity index (χ2v) is 7.56. The van der Waals surface area contributed by atoms with Crippen molar-refractivity contribution in [2.45, 2.75) is 25.8 Å². The molecule has 1 aromatic carbocycles. The molecule has 0 radical (unpaired) electrons. The highest BCUT2D eigenvalue weighted by Gasteiger charge is 2.16. The maximum absolute atomic E-state index is 6.34. The average molecular weight is 324 g/mol. The van der Waals surface area contributed by atoms with Gasteiger partial charge in [-0.1, -0.05) is 6.07 Å². The van der Waals surface area contributed by atoms with E-state index in [4.69, 9.17) is 16.6 Å². The van der Waals surface area contributed by atoms with Gasteiger partial charge in [0, 0.05) is 37.7 Å². The summed E-state index contributed by atoms with van der Waals surface area (Å²) in [6.07, 6.45) is 0. The van der Waals surface area contributed by atoms with Gasteiger partial charge in [-0.25, -0.2) is 4.98 Å². The molecule has 114 valence electrons. The van der Waals surface area contributed by atoms with Crippen LogP contribution in [0, 0.1) is 6.92 Å². The average Bonchev–Trinajstić information content (AvgIpc) is 2.84. The highest BCUT2D eigenvalue weighted by atomic mass is 35.5. The first-order valence-corrected chi connectivity index (χ1v) is 9.15. The number of thioether (sulfide) groups is 1. The fraction of sp³-hybridized carbons (Fsp3) is 0.562. The van der Waals surface area contributed by atoms with Gasteiger partial charge >= 0.3 is 0 Å². The standard InChI is InChI=1S/C16H22ClN3S/c1-12-3-4-14-15(11-12)20(16(18-14)13(2)17)6-5-19-7-9-21-10-8-19/h3-4,11,13H,5-10H2,1-2H3. The second kappa shape index (κ2) is 6.59. The van der Waals surface area contributed by atoms with Crippen molar-refractivity contribution in [2.24, 2.45) is 0 Å². The lowest BCUT2D eigenvalue weighted by Crippen LogP contribution is -2.35. The van der Waals surface area contributed by atoms with Crippen LogP contribution in [0.15, 0.2) is 18.2 Å². The van der Waals surface area contributed by atoms with Crippen molar-refractivity contribution in [2.75, 3.05) is 31.1 Å². The van der Waals surface area contributed by atoms with Crippen molar-refractivity contribution < 1.29 is 0 Å². The molecule has 0 aliphatic carbocycles. The Bertz CT molecular complexity index is 617. The lowest BCUT2D eigenvalue weighted by molar-refractivity contribution is 0.289. The molecule has 0 bridgehead atoms. The van der Waals surface area contributed by atoms with Crippen molar-refractivity contribution in [3.8, 4) is 0 Å². The summed E-state index contributed by atoms with van der Waals surface area (Å²) >= 11 is 8.39. The quantitative estimate of drug-likeness (QED) is 0.801. The molecule has 1 atom stereocenters. The monoisotopic (exact) mass is 323 g/mol. The van der Waals surface area contributed by atoms with Gasteiger partial charge in [0.1, 0.15) is 5.82 Å². The molecule has 5 heteroatoms. The van der Waals surface area contributed by atoms with E-state index in [1.165, 1.54) is 35.7 Å². The summed E-state index contributed by atoms with van der Waals surface area (Å²) in [5, 5.41) is -0.0605. The minimum atomic E-state index is -0.0605. The number of benzene rings is 1. The van der Waals surface area contributed by atoms with Crippen LogP contribution < -0.4 is 0 Å². The van der Waals surface area contributed by atoms with Gasteiger partial charge in [0.25, 0.3) is 0 Å². The molecule has 1 unspecified atom stereocenters. The number of nitrogens with zero attached hydrogens (tertiary/aromatic N) is 3. The van der Waals surface area contributed by atoms with Crippen LogP contribution in [-0.2, 0) is 6.54 Å². The summed E-state index contributed by atoms with van der Waals surface area (Å²) in [6.45, 7) is 8.57. The number of fused-ring (bicyclic) bond motifs is 1. The highest BCUT2D eigenvalue weighted by Crippen LogP contribution is 2.25. The third-order valence-corrected chi connectivity index (χ3v) is 5.17. The summed E-state index contributed by atoms with van der Waals surface area (Å²) in [6, 6.07) is 6.43. The molecule has 1 fully saturated rings. The first-order chi connectivity index (χ1) is 10.1. The Labute approximate surface area is 135 Å². The molecule has 1 aliphatic heterocycles. The predicted octanol–water partition coefficient (Wildman–Crippen LogP) is 3.69. The largest absolute Gasteiger partial charge is 0.325 e. The highest BCUT2D eigenvalue weighted by molar-refractivity contribution is 7.99. The van der Waals surface area contributed by atoms with Crippen LogP contribution in [0.3, 0.4) is 0 Å². The molecule has 0 saturated carbocycles. The lowest BCUT2D eigenvalue weighted by atomic mass is 10.2. The Morgan fingerprint density at radius 3 is 2.76 bits per heavy atom. The number of rotatable bonds is 4. The normalized spacial score (nSPS) is 18.2. The summed E-state index contributed by atoms with van der Waals surface area (Å²) in [5.74, 6) is 3.49. The number of alkyl halides is 1. The molecule has 2 heterocycles. The van der Waals surface area contributed by atoms with Gasteiger partial charge in [0.15, 0.2) is 0 Å². The Morgan fingerprint density at radius 2 is 2.05 bits per heavy atom. The van der Waals surface area contributed by atoms with Crippen LogP contribution in [0.25, 0.3) is 11.0 Å². The van der Waals surface area contributed by atoms with E-state index >= 15 is 0 Å². The van der Waals surface area contributed by atoms with Crippen LogP contribution in [0.4, 0.5) is 0 Å². The predicted molar refractivity (Wildman–Crippen MR) is 92.5 cm³/mol. The summed E-state index contributed by atoms with van der Waals surface area (Å²) in [4.78, 5) is 7.27. The van der Waals surface area contributed by atoms with Gasteiger partial charge in [0.2, 0.25) is 0 Å². The van der Waals surface area contributed by atoms with E-state index in [0.717, 1.165) is 24.4 Å². The van der Waals surface area contributed by atoms with Crippen LogP contribution in [0.2, 0.25) is 0 Å². The Morgan fingerprint density at radius 1 is 1.29 bits per heavy atom. The lowest BCUT2D eigenvalue weighted by Gasteiger charge is -2.26. The maximum atomic E-state index is 6.34. The van der Waals surface area contributed by atoms with E-state index in [1.54, 1.807) is 0 Å². The van der Waals surface area contributed by atoms with Crippen LogP contribution in [-0.4, -0.2) is 45.6 Å². The van der Waals surface area contributed by atoms with E-state index < -0.39 is 0 Å². The number of halogens is 1. The van der Waals surface area contributed by atoms with Crippen molar-refractivity contribution in [1.82, 2.24) is 14.5 Å². The minimum absolute atomic E-state index is 0.0605. The van der Waals surface area contributed by atoms with E-state index in [9.17, 15) is 0 Å². The maximum Gasteiger partial charge on any atom is 0.127 e.